The van der Waals surface area contributed by atoms with Crippen LogP contribution in [-0.2, 0) is 62.7 Å². The number of hydrogen-bond donors (Lipinski definition) is 5. The van der Waals surface area contributed by atoms with Crippen LogP contribution in [0.15, 0.2) is 65.5 Å². The van der Waals surface area contributed by atoms with E-state index >= 15 is 4.79 Å². The number of carbonyl (C=O) groups excluding carboxylic acids is 3. The summed E-state index contributed by atoms with van der Waals surface area (Å²) in [5.41, 5.74) is 1.66. The number of carbonyl (C=O) groups is 3. The molecule has 2 aliphatic carbocycles. The third-order valence-electron chi connectivity index (χ3n) is 12.1. The first kappa shape index (κ1) is 49.7. The number of phenolic OH excluding ortho intramolecular Hbond substituents is 1. The number of aliphatic hydroxyl groups excluding tert-OH is 1. The fourth-order valence-corrected chi connectivity index (χ4v) is 10.8. The molecule has 66 heavy (non-hydrogen) atoms. The second-order valence-corrected chi connectivity index (χ2v) is 25.2. The van der Waals surface area contributed by atoms with Crippen molar-refractivity contribution in [3.63, 3.8) is 0 Å². The molecule has 2 saturated heterocycles. The van der Waals surface area contributed by atoms with Crippen molar-refractivity contribution in [2.45, 2.75) is 100.0 Å². The lowest BCUT2D eigenvalue weighted by atomic mass is 9.83. The Bertz CT molecular complexity index is 2710. The molecular weight excluding hydrogens is 925 g/mol. The molecule has 0 bridgehead atoms. The van der Waals surface area contributed by atoms with Gasteiger partial charge in [-0.15, -0.1) is 11.8 Å². The Hall–Kier alpha value is -4.22. The molecule has 2 aromatic heterocycles. The zero-order valence-corrected chi connectivity index (χ0v) is 40.8. The van der Waals surface area contributed by atoms with Crippen LogP contribution < -0.4 is 10.6 Å². The smallest absolute Gasteiger partial charge is 0.411 e. The van der Waals surface area contributed by atoms with E-state index in [1.165, 1.54) is 31.0 Å². The van der Waals surface area contributed by atoms with Crippen molar-refractivity contribution in [1.29, 1.82) is 0 Å². The minimum atomic E-state index is -2.00. The third-order valence-corrected chi connectivity index (χ3v) is 15.1. The number of ketones is 2. The lowest BCUT2D eigenvalue weighted by Crippen LogP contribution is -2.60. The van der Waals surface area contributed by atoms with Crippen molar-refractivity contribution < 1.29 is 53.0 Å². The number of phenols is 1. The number of pyridine rings is 1. The lowest BCUT2D eigenvalue weighted by molar-refractivity contribution is -0.305. The SMILES string of the molecule is COC(=O)NC1=C2C#C/C=C\C#C[C@H](OC3OC(C)C(SC)(C(=O)c4nccc5c4[nH]c4ccc(O)cc45)CC3OC3CC(OC)C(NC(C)C)CO3)C2/C(=C\CS(C)(=S)=S)[C@@H](O)CC1=O. The Labute approximate surface area is 398 Å². The van der Waals surface area contributed by atoms with Crippen LogP contribution in [0.5, 0.6) is 5.75 Å². The first-order chi connectivity index (χ1) is 31.5. The number of thioether (sulfide) groups is 1. The summed E-state index contributed by atoms with van der Waals surface area (Å²) in [4.78, 5) is 49.9. The summed E-state index contributed by atoms with van der Waals surface area (Å²) < 4.78 is 36.6. The zero-order chi connectivity index (χ0) is 47.5. The summed E-state index contributed by atoms with van der Waals surface area (Å²) in [6.07, 6.45) is 2.16. The number of aromatic hydroxyl groups is 1. The molecule has 0 spiro atoms. The van der Waals surface area contributed by atoms with E-state index in [2.05, 4.69) is 44.3 Å². The summed E-state index contributed by atoms with van der Waals surface area (Å²) >= 11 is 12.6. The lowest BCUT2D eigenvalue weighted by Gasteiger charge is -2.48. The largest absolute Gasteiger partial charge is 0.508 e. The average molecular weight is 979 g/mol. The monoisotopic (exact) mass is 978 g/mol. The van der Waals surface area contributed by atoms with E-state index in [1.807, 2.05) is 20.1 Å². The summed E-state index contributed by atoms with van der Waals surface area (Å²) in [6, 6.07) is 6.78. The van der Waals surface area contributed by atoms with Crippen LogP contribution in [0.25, 0.3) is 21.8 Å². The summed E-state index contributed by atoms with van der Waals surface area (Å²) in [5, 5.41) is 29.6. The number of fused-ring (bicyclic) bond motifs is 4. The van der Waals surface area contributed by atoms with Crippen molar-refractivity contribution in [3.05, 3.63) is 71.2 Å². The fourth-order valence-electron chi connectivity index (χ4n) is 8.89. The molecular formula is C47H54N4O11S4. The number of alkyl carbamates (subject to hydrolysis) is 1. The average Bonchev–Trinajstić information content (AvgIpc) is 3.65. The number of aromatic nitrogens is 2. The van der Waals surface area contributed by atoms with Gasteiger partial charge in [-0.05, 0) is 83.8 Å². The number of nitrogens with one attached hydrogen (secondary N) is 3. The van der Waals surface area contributed by atoms with Crippen molar-refractivity contribution in [2.75, 3.05) is 39.1 Å². The zero-order valence-electron chi connectivity index (χ0n) is 37.6. The molecule has 7 rings (SSSR count). The van der Waals surface area contributed by atoms with Gasteiger partial charge in [-0.1, -0.05) is 50.8 Å². The number of nitrogens with zero attached hydrogens (tertiary/aromatic N) is 1. The van der Waals surface area contributed by atoms with Gasteiger partial charge < -0.3 is 48.9 Å². The number of aromatic amines is 1. The first-order valence-corrected chi connectivity index (χ1v) is 26.7. The van der Waals surface area contributed by atoms with Gasteiger partial charge in [-0.25, -0.2) is 4.79 Å². The van der Waals surface area contributed by atoms with Crippen LogP contribution in [-0.4, -0.2) is 137 Å². The Morgan fingerprint density at radius 2 is 1.92 bits per heavy atom. The fraction of sp³-hybridized carbons (Fsp3) is 0.489. The van der Waals surface area contributed by atoms with E-state index < -0.39 is 73.1 Å². The van der Waals surface area contributed by atoms with Gasteiger partial charge in [0.1, 0.15) is 28.4 Å². The van der Waals surface area contributed by atoms with Crippen LogP contribution >= 0.6 is 11.8 Å². The third kappa shape index (κ3) is 10.7. The van der Waals surface area contributed by atoms with Crippen LogP contribution in [0.2, 0.25) is 0 Å². The van der Waals surface area contributed by atoms with Gasteiger partial charge in [-0.2, -0.15) is 0 Å². The number of benzene rings is 1. The first-order valence-electron chi connectivity index (χ1n) is 21.4. The van der Waals surface area contributed by atoms with Gasteiger partial charge in [0.15, 0.2) is 18.4 Å². The predicted octanol–water partition coefficient (Wildman–Crippen LogP) is 4.51. The highest BCUT2D eigenvalue weighted by molar-refractivity contribution is 8.56. The van der Waals surface area contributed by atoms with Crippen LogP contribution in [0, 0.1) is 29.6 Å². The minimum absolute atomic E-state index is 0.0445. The standard InChI is InChI=1S/C47H54N4O11S4/c1-25(2)49-33-24-59-39(22-37(33)57-4)61-38-23-47(65-6,44(55)43-42-28(16-18-48-43)31-20-27(52)14-15-32(31)50-42)26(3)60-45(38)62-36-13-11-9-8-10-12-30-40(36)29(17-19-66(7,63)64)34(53)21-35(54)41(30)51-46(56)58-5/h8-9,14-18,20,25-26,33-34,36-40,45,49-50,52-53H,19,21-24H2,1-7H3,(H,51,56)/b9-8-,29-17-/t26?,33?,34-,36-,37?,38?,39?,40?,45?,47?/m0/s1. The van der Waals surface area contributed by atoms with E-state index in [0.717, 1.165) is 10.9 Å². The maximum absolute atomic E-state index is 15.3. The molecule has 4 heterocycles. The Kier molecular flexibility index (Phi) is 15.8. The van der Waals surface area contributed by atoms with Gasteiger partial charge in [0.2, 0.25) is 5.78 Å². The number of ether oxygens (including phenoxy) is 6. The van der Waals surface area contributed by atoms with Gasteiger partial charge >= 0.3 is 6.09 Å². The van der Waals surface area contributed by atoms with Crippen molar-refractivity contribution in [3.8, 4) is 29.4 Å². The van der Waals surface area contributed by atoms with Gasteiger partial charge in [0, 0.05) is 66.2 Å². The highest BCUT2D eigenvalue weighted by Gasteiger charge is 2.55. The summed E-state index contributed by atoms with van der Waals surface area (Å²) in [7, 11) is 0.804. The summed E-state index contributed by atoms with van der Waals surface area (Å²) in [5.74, 6) is 10.4. The summed E-state index contributed by atoms with van der Waals surface area (Å²) in [6.45, 7) is 6.14. The quantitative estimate of drug-likeness (QED) is 0.0910. The van der Waals surface area contributed by atoms with Crippen LogP contribution in [0.4, 0.5) is 4.79 Å². The number of aliphatic hydroxyl groups is 1. The van der Waals surface area contributed by atoms with Gasteiger partial charge in [0.25, 0.3) is 0 Å². The Balaban J connectivity index is 1.33. The van der Waals surface area contributed by atoms with E-state index in [1.54, 1.807) is 56.8 Å². The molecule has 0 saturated carbocycles. The van der Waals surface area contributed by atoms with Gasteiger partial charge in [-0.3, -0.25) is 19.9 Å². The molecule has 5 N–H and O–H groups in total. The Morgan fingerprint density at radius 1 is 1.15 bits per heavy atom. The molecule has 1 aromatic carbocycles. The van der Waals surface area contributed by atoms with E-state index in [4.69, 9.17) is 50.8 Å². The molecule has 15 nitrogen and oxygen atoms in total. The minimum Gasteiger partial charge on any atom is -0.508 e. The molecule has 0 radical (unpaired) electrons. The molecule has 352 valence electrons. The highest BCUT2D eigenvalue weighted by Crippen LogP contribution is 2.46. The maximum Gasteiger partial charge on any atom is 0.411 e. The number of Topliss-reactive ketones (excluding diaryl/α,β-unsaturated/α-hetero) is 2. The molecule has 8 unspecified atom stereocenters. The van der Waals surface area contributed by atoms with Gasteiger partial charge in [0.05, 0.1) is 55.2 Å². The Morgan fingerprint density at radius 3 is 2.64 bits per heavy atom. The molecule has 2 aliphatic heterocycles. The van der Waals surface area contributed by atoms with Crippen LogP contribution in [0.1, 0.15) is 50.5 Å². The van der Waals surface area contributed by atoms with Crippen molar-refractivity contribution >= 4 is 80.8 Å². The maximum atomic E-state index is 15.3. The van der Waals surface area contributed by atoms with E-state index in [-0.39, 0.29) is 65.5 Å². The number of H-pyrrole nitrogens is 1. The normalized spacial score (nSPS) is 30.3. The molecule has 19 heteroatoms. The van der Waals surface area contributed by atoms with Crippen molar-refractivity contribution in [1.82, 2.24) is 20.6 Å². The van der Waals surface area contributed by atoms with Crippen LogP contribution in [0.3, 0.4) is 0 Å². The predicted molar refractivity (Wildman–Crippen MR) is 259 cm³/mol. The number of allylic oxidation sites excluding steroid dienone is 3. The second-order valence-electron chi connectivity index (χ2n) is 16.9. The number of amides is 1. The van der Waals surface area contributed by atoms with Crippen molar-refractivity contribution in [2.24, 2.45) is 5.92 Å². The molecule has 10 atom stereocenters. The highest BCUT2D eigenvalue weighted by atomic mass is 33.1. The van der Waals surface area contributed by atoms with E-state index in [0.29, 0.717) is 22.9 Å². The number of methoxy groups -OCH3 is 2. The second kappa shape index (κ2) is 21.0. The molecule has 4 aliphatic rings. The number of hydrogen-bond acceptors (Lipinski definition) is 16. The molecule has 2 fully saturated rings. The van der Waals surface area contributed by atoms with E-state index in [9.17, 15) is 19.8 Å². The molecule has 3 aromatic rings. The molecule has 1 amide bonds. The topological polar surface area (TPSA) is 200 Å². The number of rotatable bonds is 13.